The van der Waals surface area contributed by atoms with E-state index in [0.717, 1.165) is 22.6 Å². The zero-order valence-corrected chi connectivity index (χ0v) is 21.7. The van der Waals surface area contributed by atoms with Crippen LogP contribution in [0.15, 0.2) is 59.3 Å². The Kier molecular flexibility index (Phi) is 8.04. The SMILES string of the molecule is COCC(C)Oc1nc(N(Cc2ccc(OC)cc2)Cc2ccc(OC)cc2)c2ncc(Br)n2n1. The number of halogens is 1. The molecule has 0 saturated heterocycles. The third-order valence-corrected chi connectivity index (χ3v) is 5.90. The van der Waals surface area contributed by atoms with E-state index >= 15 is 0 Å². The van der Waals surface area contributed by atoms with Gasteiger partial charge in [0, 0.05) is 20.2 Å². The van der Waals surface area contributed by atoms with E-state index in [1.54, 1.807) is 32.0 Å². The number of nitrogens with zero attached hydrogens (tertiary/aromatic N) is 5. The monoisotopic (exact) mass is 541 g/mol. The van der Waals surface area contributed by atoms with Crippen LogP contribution in [0, 0.1) is 0 Å². The van der Waals surface area contributed by atoms with Crippen LogP contribution in [0.1, 0.15) is 18.1 Å². The Hall–Kier alpha value is -3.37. The molecule has 0 saturated carbocycles. The first-order valence-electron chi connectivity index (χ1n) is 11.1. The fourth-order valence-electron chi connectivity index (χ4n) is 3.64. The first-order valence-corrected chi connectivity index (χ1v) is 11.9. The van der Waals surface area contributed by atoms with Gasteiger partial charge in [-0.3, -0.25) is 0 Å². The Morgan fingerprint density at radius 2 is 1.49 bits per heavy atom. The number of imidazole rings is 1. The molecular weight excluding hydrogens is 514 g/mol. The molecule has 9 nitrogen and oxygen atoms in total. The molecule has 4 rings (SSSR count). The second kappa shape index (κ2) is 11.4. The van der Waals surface area contributed by atoms with Gasteiger partial charge < -0.3 is 23.8 Å². The van der Waals surface area contributed by atoms with Crippen LogP contribution in [0.25, 0.3) is 5.65 Å². The van der Waals surface area contributed by atoms with Gasteiger partial charge in [0.05, 0.1) is 27.0 Å². The highest BCUT2D eigenvalue weighted by molar-refractivity contribution is 9.10. The van der Waals surface area contributed by atoms with Crippen LogP contribution in [0.2, 0.25) is 0 Å². The van der Waals surface area contributed by atoms with Crippen LogP contribution in [0.5, 0.6) is 17.5 Å². The molecule has 35 heavy (non-hydrogen) atoms. The van der Waals surface area contributed by atoms with Crippen molar-refractivity contribution < 1.29 is 18.9 Å². The van der Waals surface area contributed by atoms with Crippen molar-refractivity contribution in [2.75, 3.05) is 32.8 Å². The van der Waals surface area contributed by atoms with E-state index < -0.39 is 0 Å². The third-order valence-electron chi connectivity index (χ3n) is 5.36. The summed E-state index contributed by atoms with van der Waals surface area (Å²) in [6, 6.07) is 16.2. The molecule has 0 aliphatic carbocycles. The van der Waals surface area contributed by atoms with Crippen molar-refractivity contribution in [3.05, 3.63) is 70.5 Å². The van der Waals surface area contributed by atoms with E-state index in [4.69, 9.17) is 23.9 Å². The summed E-state index contributed by atoms with van der Waals surface area (Å²) in [5.41, 5.74) is 2.81. The largest absolute Gasteiger partial charge is 0.497 e. The lowest BCUT2D eigenvalue weighted by Crippen LogP contribution is -2.26. The first kappa shape index (κ1) is 24.7. The first-order chi connectivity index (χ1) is 17.0. The van der Waals surface area contributed by atoms with E-state index in [9.17, 15) is 0 Å². The minimum Gasteiger partial charge on any atom is -0.497 e. The summed E-state index contributed by atoms with van der Waals surface area (Å²) in [5, 5.41) is 4.52. The molecule has 0 amide bonds. The average Bonchev–Trinajstić information content (AvgIpc) is 3.24. The second-order valence-corrected chi connectivity index (χ2v) is 8.78. The molecule has 2 aromatic heterocycles. The van der Waals surface area contributed by atoms with Crippen molar-refractivity contribution >= 4 is 27.4 Å². The number of fused-ring (bicyclic) bond motifs is 1. The van der Waals surface area contributed by atoms with Crippen molar-refractivity contribution in [1.82, 2.24) is 19.6 Å². The van der Waals surface area contributed by atoms with Crippen LogP contribution >= 0.6 is 15.9 Å². The van der Waals surface area contributed by atoms with E-state index in [2.05, 4.69) is 30.9 Å². The molecular formula is C25H28BrN5O4. The number of benzene rings is 2. The summed E-state index contributed by atoms with van der Waals surface area (Å²) < 4.78 is 24.2. The number of rotatable bonds is 11. The number of ether oxygens (including phenoxy) is 4. The lowest BCUT2D eigenvalue weighted by atomic mass is 10.1. The number of hydrogen-bond donors (Lipinski definition) is 0. The molecule has 1 atom stereocenters. The van der Waals surface area contributed by atoms with Crippen molar-refractivity contribution in [2.24, 2.45) is 0 Å². The van der Waals surface area contributed by atoms with Crippen molar-refractivity contribution in [3.8, 4) is 17.5 Å². The molecule has 0 aliphatic rings. The van der Waals surface area contributed by atoms with Gasteiger partial charge >= 0.3 is 6.01 Å². The number of methoxy groups -OCH3 is 3. The summed E-state index contributed by atoms with van der Waals surface area (Å²) >= 11 is 3.53. The zero-order chi connectivity index (χ0) is 24.8. The van der Waals surface area contributed by atoms with Gasteiger partial charge in [-0.1, -0.05) is 24.3 Å². The third kappa shape index (κ3) is 6.01. The highest BCUT2D eigenvalue weighted by Gasteiger charge is 2.20. The second-order valence-electron chi connectivity index (χ2n) is 7.97. The predicted octanol–water partition coefficient (Wildman–Crippen LogP) is 4.52. The standard InChI is InChI=1S/C25H28BrN5O4/c1-17(16-32-2)35-25-28-24(23-27-13-22(26)31(23)29-25)30(14-18-5-9-20(33-3)10-6-18)15-19-7-11-21(34-4)12-8-19/h5-13,17H,14-16H2,1-4H3. The van der Waals surface area contributed by atoms with E-state index in [1.165, 1.54) is 0 Å². The van der Waals surface area contributed by atoms with E-state index in [0.29, 0.717) is 35.8 Å². The minimum absolute atomic E-state index is 0.218. The quantitative estimate of drug-likeness (QED) is 0.274. The Morgan fingerprint density at radius 3 is 2.00 bits per heavy atom. The van der Waals surface area contributed by atoms with Crippen LogP contribution in [0.4, 0.5) is 5.82 Å². The lowest BCUT2D eigenvalue weighted by molar-refractivity contribution is 0.0845. The van der Waals surface area contributed by atoms with Crippen LogP contribution in [0.3, 0.4) is 0 Å². The smallest absolute Gasteiger partial charge is 0.336 e. The minimum atomic E-state index is -0.218. The van der Waals surface area contributed by atoms with Gasteiger partial charge in [-0.05, 0) is 58.2 Å². The van der Waals surface area contributed by atoms with E-state index in [1.807, 2.05) is 55.5 Å². The average molecular weight is 542 g/mol. The van der Waals surface area contributed by atoms with Gasteiger partial charge in [0.2, 0.25) is 0 Å². The number of hydrogen-bond acceptors (Lipinski definition) is 8. The number of aromatic nitrogens is 4. The van der Waals surface area contributed by atoms with Crippen molar-refractivity contribution in [2.45, 2.75) is 26.1 Å². The Bertz CT molecular complexity index is 1200. The summed E-state index contributed by atoms with van der Waals surface area (Å²) in [7, 11) is 4.95. The highest BCUT2D eigenvalue weighted by Crippen LogP contribution is 2.27. The molecule has 1 unspecified atom stereocenters. The molecule has 0 bridgehead atoms. The Labute approximate surface area is 212 Å². The van der Waals surface area contributed by atoms with Gasteiger partial charge in [-0.25, -0.2) is 4.98 Å². The topological polar surface area (TPSA) is 83.2 Å². The van der Waals surface area contributed by atoms with Crippen LogP contribution < -0.4 is 19.1 Å². The summed E-state index contributed by atoms with van der Waals surface area (Å²) in [5.74, 6) is 2.26. The van der Waals surface area contributed by atoms with Crippen molar-refractivity contribution in [1.29, 1.82) is 0 Å². The molecule has 4 aromatic rings. The molecule has 0 radical (unpaired) electrons. The summed E-state index contributed by atoms with van der Waals surface area (Å²) in [6.45, 7) is 3.50. The molecule has 0 spiro atoms. The summed E-state index contributed by atoms with van der Waals surface area (Å²) in [6.07, 6.45) is 1.48. The maximum Gasteiger partial charge on any atom is 0.336 e. The maximum absolute atomic E-state index is 5.96. The Balaban J connectivity index is 1.75. The van der Waals surface area contributed by atoms with Crippen LogP contribution in [-0.2, 0) is 17.8 Å². The predicted molar refractivity (Wildman–Crippen MR) is 136 cm³/mol. The Morgan fingerprint density at radius 1 is 0.914 bits per heavy atom. The maximum atomic E-state index is 5.96. The van der Waals surface area contributed by atoms with Gasteiger partial charge in [-0.2, -0.15) is 9.50 Å². The molecule has 184 valence electrons. The van der Waals surface area contributed by atoms with Gasteiger partial charge in [-0.15, -0.1) is 5.10 Å². The van der Waals surface area contributed by atoms with E-state index in [-0.39, 0.29) is 12.1 Å². The van der Waals surface area contributed by atoms with Crippen LogP contribution in [-0.4, -0.2) is 53.6 Å². The molecule has 0 aliphatic heterocycles. The van der Waals surface area contributed by atoms with Gasteiger partial charge in [0.15, 0.2) is 11.5 Å². The fourth-order valence-corrected chi connectivity index (χ4v) is 3.99. The highest BCUT2D eigenvalue weighted by atomic mass is 79.9. The molecule has 2 heterocycles. The van der Waals surface area contributed by atoms with Gasteiger partial charge in [0.1, 0.15) is 22.2 Å². The molecule has 2 aromatic carbocycles. The van der Waals surface area contributed by atoms with Gasteiger partial charge in [0.25, 0.3) is 0 Å². The molecule has 0 N–H and O–H groups in total. The zero-order valence-electron chi connectivity index (χ0n) is 20.1. The van der Waals surface area contributed by atoms with Crippen molar-refractivity contribution in [3.63, 3.8) is 0 Å². The normalized spacial score (nSPS) is 11.9. The number of anilines is 1. The fraction of sp³-hybridized carbons (Fsp3) is 0.320. The lowest BCUT2D eigenvalue weighted by Gasteiger charge is -2.25. The molecule has 10 heteroatoms. The molecule has 0 fully saturated rings. The summed E-state index contributed by atoms with van der Waals surface area (Å²) in [4.78, 5) is 11.5.